The summed E-state index contributed by atoms with van der Waals surface area (Å²) in [5.74, 6) is -2.22. The number of anilines is 1. The van der Waals surface area contributed by atoms with Crippen LogP contribution in [0.2, 0.25) is 0 Å². The number of para-hydroxylation sites is 1. The number of hydrogen-bond acceptors (Lipinski definition) is 8. The first-order valence-electron chi connectivity index (χ1n) is 17.2. The Bertz CT molecular complexity index is 1920. The van der Waals surface area contributed by atoms with Crippen molar-refractivity contribution >= 4 is 35.2 Å². The third-order valence-electron chi connectivity index (χ3n) is 7.15. The standard InChI is InChI=1S/C15H14O4.C14H10N2O5.C9H10O2.C4H10/c16-15(17)11-19-14-8-6-13(7-9-14)18-10-12-4-2-1-3-5-12;17-13(9-5-7-10(8-6-9)16(20)21)15-12-4-2-1-3-11(12)14(18)19;10-9(11)7-6-8-4-2-1-3-5-8;1-3-4-2/h1-9H,10-11H2,(H,16,17);1-8H,(H,15,17)(H,18,19);1-5H,6-7H2,(H,10,11);3-4H2,1-2H3. The average Bonchev–Trinajstić information content (AvgIpc) is 3.20. The van der Waals surface area contributed by atoms with Crippen LogP contribution < -0.4 is 14.8 Å². The second-order valence-corrected chi connectivity index (χ2v) is 11.4. The molecule has 0 heterocycles. The average molecular weight is 753 g/mol. The molecule has 288 valence electrons. The number of nitrogens with one attached hydrogen (secondary N) is 1. The van der Waals surface area contributed by atoms with E-state index in [2.05, 4.69) is 19.2 Å². The fraction of sp³-hybridized carbons (Fsp3) is 0.190. The molecular formula is C42H44N2O11. The van der Waals surface area contributed by atoms with Crippen LogP contribution in [-0.2, 0) is 22.6 Å². The Labute approximate surface area is 319 Å². The molecule has 0 bridgehead atoms. The molecule has 0 aliphatic heterocycles. The van der Waals surface area contributed by atoms with Gasteiger partial charge in [0.2, 0.25) is 0 Å². The molecule has 0 aromatic heterocycles. The number of carbonyl (C=O) groups excluding carboxylic acids is 1. The zero-order valence-electron chi connectivity index (χ0n) is 30.5. The molecule has 0 radical (unpaired) electrons. The number of hydrogen-bond donors (Lipinski definition) is 4. The van der Waals surface area contributed by atoms with Gasteiger partial charge >= 0.3 is 17.9 Å². The lowest BCUT2D eigenvalue weighted by Crippen LogP contribution is -2.14. The number of nitrogens with zero attached hydrogens (tertiary/aromatic N) is 1. The highest BCUT2D eigenvalue weighted by atomic mass is 16.6. The largest absolute Gasteiger partial charge is 0.489 e. The van der Waals surface area contributed by atoms with Crippen molar-refractivity contribution < 1.29 is 48.9 Å². The van der Waals surface area contributed by atoms with Crippen molar-refractivity contribution in [1.29, 1.82) is 0 Å². The predicted molar refractivity (Wildman–Crippen MR) is 208 cm³/mol. The van der Waals surface area contributed by atoms with E-state index in [0.29, 0.717) is 24.5 Å². The van der Waals surface area contributed by atoms with Crippen LogP contribution in [0, 0.1) is 10.1 Å². The van der Waals surface area contributed by atoms with Gasteiger partial charge < -0.3 is 30.1 Å². The molecule has 0 aliphatic rings. The molecule has 5 rings (SSSR count). The number of aromatic carboxylic acids is 1. The monoisotopic (exact) mass is 752 g/mol. The minimum atomic E-state index is -1.16. The van der Waals surface area contributed by atoms with Gasteiger partial charge in [-0.2, -0.15) is 0 Å². The van der Waals surface area contributed by atoms with Gasteiger partial charge in [-0.05, 0) is 66.1 Å². The van der Waals surface area contributed by atoms with E-state index in [1.807, 2.05) is 60.7 Å². The lowest BCUT2D eigenvalue weighted by molar-refractivity contribution is -0.384. The summed E-state index contributed by atoms with van der Waals surface area (Å²) in [6, 6.07) is 37.3. The van der Waals surface area contributed by atoms with Crippen molar-refractivity contribution in [1.82, 2.24) is 0 Å². The Kier molecular flexibility index (Phi) is 20.1. The maximum Gasteiger partial charge on any atom is 0.341 e. The summed E-state index contributed by atoms with van der Waals surface area (Å²) in [5.41, 5.74) is 2.36. The molecule has 13 nitrogen and oxygen atoms in total. The van der Waals surface area contributed by atoms with E-state index in [0.717, 1.165) is 11.1 Å². The van der Waals surface area contributed by atoms with Crippen LogP contribution in [0.4, 0.5) is 11.4 Å². The maximum atomic E-state index is 12.0. The number of carbonyl (C=O) groups is 4. The zero-order valence-corrected chi connectivity index (χ0v) is 30.5. The van der Waals surface area contributed by atoms with E-state index < -0.39 is 28.7 Å². The highest BCUT2D eigenvalue weighted by Gasteiger charge is 2.14. The normalized spacial score (nSPS) is 9.64. The molecular weight excluding hydrogens is 708 g/mol. The molecule has 0 saturated heterocycles. The molecule has 5 aromatic rings. The van der Waals surface area contributed by atoms with Crippen LogP contribution in [0.25, 0.3) is 0 Å². The van der Waals surface area contributed by atoms with Gasteiger partial charge in [0.1, 0.15) is 18.1 Å². The number of non-ortho nitro benzene ring substituents is 1. The Balaban J connectivity index is 0.000000282. The van der Waals surface area contributed by atoms with E-state index in [1.54, 1.807) is 36.4 Å². The summed E-state index contributed by atoms with van der Waals surface area (Å²) in [4.78, 5) is 53.5. The fourth-order valence-electron chi connectivity index (χ4n) is 4.12. The van der Waals surface area contributed by atoms with Gasteiger partial charge in [0.15, 0.2) is 6.61 Å². The third kappa shape index (κ3) is 18.3. The summed E-state index contributed by atoms with van der Waals surface area (Å²) in [6.07, 6.45) is 3.47. The zero-order chi connectivity index (χ0) is 40.4. The minimum Gasteiger partial charge on any atom is -0.489 e. The second-order valence-electron chi connectivity index (χ2n) is 11.4. The van der Waals surface area contributed by atoms with Crippen LogP contribution in [-0.4, -0.2) is 50.7 Å². The van der Waals surface area contributed by atoms with Gasteiger partial charge in [0, 0.05) is 24.1 Å². The number of benzene rings is 5. The molecule has 55 heavy (non-hydrogen) atoms. The number of aliphatic carboxylic acids is 2. The number of unbranched alkanes of at least 4 members (excludes halogenated alkanes) is 1. The number of carboxylic acid groups (broad SMARTS) is 3. The van der Waals surface area contributed by atoms with Gasteiger partial charge in [-0.1, -0.05) is 99.5 Å². The number of nitro benzene ring substituents is 1. The number of aryl methyl sites for hydroxylation is 1. The topological polar surface area (TPSA) is 203 Å². The second kappa shape index (κ2) is 25.0. The number of ether oxygens (including phenoxy) is 2. The number of rotatable bonds is 14. The molecule has 4 N–H and O–H groups in total. The van der Waals surface area contributed by atoms with Crippen molar-refractivity contribution in [3.05, 3.63) is 166 Å². The highest BCUT2D eigenvalue weighted by molar-refractivity contribution is 6.07. The lowest BCUT2D eigenvalue weighted by Gasteiger charge is -2.08. The molecule has 0 spiro atoms. The molecule has 1 amide bonds. The van der Waals surface area contributed by atoms with Gasteiger partial charge in [-0.25, -0.2) is 9.59 Å². The minimum absolute atomic E-state index is 0.0345. The van der Waals surface area contributed by atoms with Crippen LogP contribution in [0.15, 0.2) is 133 Å². The first kappa shape index (κ1) is 44.1. The number of amides is 1. The molecule has 0 unspecified atom stereocenters. The summed E-state index contributed by atoms with van der Waals surface area (Å²) >= 11 is 0. The fourth-order valence-corrected chi connectivity index (χ4v) is 4.12. The van der Waals surface area contributed by atoms with Crippen LogP contribution in [0.3, 0.4) is 0 Å². The van der Waals surface area contributed by atoms with Crippen molar-refractivity contribution in [2.24, 2.45) is 0 Å². The number of carboxylic acids is 3. The Morgan fingerprint density at radius 2 is 1.15 bits per heavy atom. The Hall–Kier alpha value is -7.02. The van der Waals surface area contributed by atoms with Gasteiger partial charge in [0.05, 0.1) is 16.2 Å². The molecule has 0 saturated carbocycles. The lowest BCUT2D eigenvalue weighted by atomic mass is 10.1. The van der Waals surface area contributed by atoms with E-state index in [4.69, 9.17) is 24.8 Å². The SMILES string of the molecule is CCCC.O=C(Nc1ccccc1C(=O)O)c1ccc([N+](=O)[O-])cc1.O=C(O)CCc1ccccc1.O=C(O)COc1ccc(OCc2ccccc2)cc1. The van der Waals surface area contributed by atoms with Crippen LogP contribution in [0.5, 0.6) is 11.5 Å². The quantitative estimate of drug-likeness (QED) is 0.0623. The molecule has 5 aromatic carbocycles. The highest BCUT2D eigenvalue weighted by Crippen LogP contribution is 2.19. The van der Waals surface area contributed by atoms with E-state index in [9.17, 15) is 29.3 Å². The number of nitro groups is 1. The van der Waals surface area contributed by atoms with Crippen molar-refractivity contribution in [3.63, 3.8) is 0 Å². The van der Waals surface area contributed by atoms with Crippen LogP contribution in [0.1, 0.15) is 65.0 Å². The van der Waals surface area contributed by atoms with Crippen molar-refractivity contribution in [2.75, 3.05) is 11.9 Å². The van der Waals surface area contributed by atoms with Crippen molar-refractivity contribution in [2.45, 2.75) is 46.1 Å². The third-order valence-corrected chi connectivity index (χ3v) is 7.15. The van der Waals surface area contributed by atoms with E-state index >= 15 is 0 Å². The Morgan fingerprint density at radius 3 is 1.64 bits per heavy atom. The maximum absolute atomic E-state index is 12.0. The molecule has 13 heteroatoms. The summed E-state index contributed by atoms with van der Waals surface area (Å²) in [7, 11) is 0. The smallest absolute Gasteiger partial charge is 0.341 e. The van der Waals surface area contributed by atoms with E-state index in [-0.39, 0.29) is 35.5 Å². The first-order valence-corrected chi connectivity index (χ1v) is 17.2. The molecule has 0 atom stereocenters. The summed E-state index contributed by atoms with van der Waals surface area (Å²) in [5, 5.41) is 38.9. The summed E-state index contributed by atoms with van der Waals surface area (Å²) < 4.78 is 10.6. The predicted octanol–water partition coefficient (Wildman–Crippen LogP) is 8.78. The van der Waals surface area contributed by atoms with E-state index in [1.165, 1.54) is 49.2 Å². The molecule has 0 aliphatic carbocycles. The van der Waals surface area contributed by atoms with Gasteiger partial charge in [-0.15, -0.1) is 0 Å². The first-order chi connectivity index (χ1) is 26.4. The van der Waals surface area contributed by atoms with Gasteiger partial charge in [-0.3, -0.25) is 19.7 Å². The molecule has 0 fully saturated rings. The van der Waals surface area contributed by atoms with Crippen molar-refractivity contribution in [3.8, 4) is 11.5 Å². The van der Waals surface area contributed by atoms with Crippen LogP contribution >= 0.6 is 0 Å². The Morgan fingerprint density at radius 1 is 0.636 bits per heavy atom. The summed E-state index contributed by atoms with van der Waals surface area (Å²) in [6.45, 7) is 4.51. The van der Waals surface area contributed by atoms with Gasteiger partial charge in [0.25, 0.3) is 11.6 Å².